The van der Waals surface area contributed by atoms with E-state index in [0.29, 0.717) is 42.3 Å². The standard InChI is InChI=1S/C24H23ClFNO4/c1-2-30-22(28)8-7-20-12-18-11-17(13-21(25)23(18)31-20)15-3-5-16(6-4-15)24(29)27-10-9-19(26)14-27/h3-8,11,13,19-20H,2,9-10,12,14H2,1H3/b8-7+/t19-,20?/m1/s1. The number of benzene rings is 2. The van der Waals surface area contributed by atoms with Gasteiger partial charge < -0.3 is 14.4 Å². The fourth-order valence-corrected chi connectivity index (χ4v) is 4.17. The van der Waals surface area contributed by atoms with E-state index in [9.17, 15) is 14.0 Å². The number of ether oxygens (including phenoxy) is 2. The summed E-state index contributed by atoms with van der Waals surface area (Å²) in [5.41, 5.74) is 3.31. The van der Waals surface area contributed by atoms with Gasteiger partial charge in [0.15, 0.2) is 0 Å². The van der Waals surface area contributed by atoms with Crippen LogP contribution in [-0.4, -0.2) is 48.7 Å². The van der Waals surface area contributed by atoms with Crippen molar-refractivity contribution in [2.75, 3.05) is 19.7 Å². The van der Waals surface area contributed by atoms with Gasteiger partial charge in [-0.05, 0) is 54.8 Å². The molecule has 31 heavy (non-hydrogen) atoms. The second-order valence-electron chi connectivity index (χ2n) is 7.63. The van der Waals surface area contributed by atoms with Crippen molar-refractivity contribution in [3.8, 4) is 16.9 Å². The van der Waals surface area contributed by atoms with E-state index in [0.717, 1.165) is 16.7 Å². The molecule has 7 heteroatoms. The summed E-state index contributed by atoms with van der Waals surface area (Å²) in [4.78, 5) is 25.6. The van der Waals surface area contributed by atoms with Crippen LogP contribution in [-0.2, 0) is 16.0 Å². The van der Waals surface area contributed by atoms with Crippen LogP contribution >= 0.6 is 11.6 Å². The van der Waals surface area contributed by atoms with Crippen molar-refractivity contribution in [2.45, 2.75) is 32.0 Å². The summed E-state index contributed by atoms with van der Waals surface area (Å²) in [7, 11) is 0. The molecule has 1 unspecified atom stereocenters. The third kappa shape index (κ3) is 4.74. The molecule has 0 aliphatic carbocycles. The lowest BCUT2D eigenvalue weighted by Gasteiger charge is -2.15. The molecule has 162 valence electrons. The molecule has 0 saturated carbocycles. The molecular weight excluding hydrogens is 421 g/mol. The Morgan fingerprint density at radius 2 is 2.03 bits per heavy atom. The van der Waals surface area contributed by atoms with E-state index in [1.54, 1.807) is 30.0 Å². The number of rotatable bonds is 5. The summed E-state index contributed by atoms with van der Waals surface area (Å²) in [6.45, 7) is 2.69. The predicted octanol–water partition coefficient (Wildman–Crippen LogP) is 4.61. The Bertz CT molecular complexity index is 1020. The minimum absolute atomic E-state index is 0.150. The maximum absolute atomic E-state index is 13.4. The van der Waals surface area contributed by atoms with E-state index in [1.165, 1.54) is 6.08 Å². The molecule has 0 N–H and O–H groups in total. The van der Waals surface area contributed by atoms with Crippen LogP contribution in [0.4, 0.5) is 4.39 Å². The van der Waals surface area contributed by atoms with Gasteiger partial charge in [0.2, 0.25) is 0 Å². The normalized spacial score (nSPS) is 20.0. The first-order valence-electron chi connectivity index (χ1n) is 10.3. The van der Waals surface area contributed by atoms with Gasteiger partial charge in [0.25, 0.3) is 5.91 Å². The number of hydrogen-bond acceptors (Lipinski definition) is 4. The maximum Gasteiger partial charge on any atom is 0.330 e. The summed E-state index contributed by atoms with van der Waals surface area (Å²) in [6, 6.07) is 11.1. The summed E-state index contributed by atoms with van der Waals surface area (Å²) in [5, 5.41) is 0.491. The molecule has 5 nitrogen and oxygen atoms in total. The van der Waals surface area contributed by atoms with Crippen molar-refractivity contribution in [2.24, 2.45) is 0 Å². The first kappa shape index (κ1) is 21.4. The molecule has 2 aliphatic rings. The van der Waals surface area contributed by atoms with Gasteiger partial charge in [0.05, 0.1) is 18.2 Å². The van der Waals surface area contributed by atoms with Crippen molar-refractivity contribution in [1.29, 1.82) is 0 Å². The highest BCUT2D eigenvalue weighted by molar-refractivity contribution is 6.32. The van der Waals surface area contributed by atoms with Crippen LogP contribution in [0, 0.1) is 0 Å². The molecule has 4 rings (SSSR count). The Balaban J connectivity index is 1.48. The van der Waals surface area contributed by atoms with E-state index < -0.39 is 12.1 Å². The molecule has 0 radical (unpaired) electrons. The Hall–Kier alpha value is -2.86. The second-order valence-corrected chi connectivity index (χ2v) is 8.04. The van der Waals surface area contributed by atoms with Gasteiger partial charge in [-0.1, -0.05) is 23.7 Å². The third-order valence-electron chi connectivity index (χ3n) is 5.43. The first-order valence-corrected chi connectivity index (χ1v) is 10.7. The number of alkyl halides is 1. The molecule has 0 aromatic heterocycles. The van der Waals surface area contributed by atoms with Crippen LogP contribution in [0.15, 0.2) is 48.6 Å². The number of halogens is 2. The Labute approximate surface area is 185 Å². The largest absolute Gasteiger partial charge is 0.484 e. The van der Waals surface area contributed by atoms with Crippen molar-refractivity contribution in [3.05, 3.63) is 64.7 Å². The minimum Gasteiger partial charge on any atom is -0.484 e. The van der Waals surface area contributed by atoms with Crippen LogP contribution in [0.3, 0.4) is 0 Å². The molecule has 0 bridgehead atoms. The van der Waals surface area contributed by atoms with Crippen LogP contribution in [0.1, 0.15) is 29.3 Å². The molecule has 1 saturated heterocycles. The summed E-state index contributed by atoms with van der Waals surface area (Å²) >= 11 is 6.45. The van der Waals surface area contributed by atoms with Gasteiger partial charge in [0.1, 0.15) is 18.0 Å². The average Bonchev–Trinajstić information content (AvgIpc) is 3.38. The molecule has 0 spiro atoms. The van der Waals surface area contributed by atoms with E-state index >= 15 is 0 Å². The molecule has 1 amide bonds. The highest BCUT2D eigenvalue weighted by atomic mass is 35.5. The van der Waals surface area contributed by atoms with Crippen molar-refractivity contribution in [1.82, 2.24) is 4.90 Å². The third-order valence-corrected chi connectivity index (χ3v) is 5.71. The lowest BCUT2D eigenvalue weighted by Crippen LogP contribution is -2.28. The average molecular weight is 444 g/mol. The van der Waals surface area contributed by atoms with Gasteiger partial charge in [-0.15, -0.1) is 0 Å². The first-order chi connectivity index (χ1) is 14.9. The summed E-state index contributed by atoms with van der Waals surface area (Å²) < 4.78 is 24.1. The number of fused-ring (bicyclic) bond motifs is 1. The smallest absolute Gasteiger partial charge is 0.330 e. The Morgan fingerprint density at radius 3 is 2.71 bits per heavy atom. The number of hydrogen-bond donors (Lipinski definition) is 0. The van der Waals surface area contributed by atoms with Gasteiger partial charge in [-0.3, -0.25) is 4.79 Å². The van der Waals surface area contributed by atoms with Gasteiger partial charge in [0, 0.05) is 30.2 Å². The maximum atomic E-state index is 13.4. The topological polar surface area (TPSA) is 55.8 Å². The van der Waals surface area contributed by atoms with E-state index in [-0.39, 0.29) is 18.6 Å². The highest BCUT2D eigenvalue weighted by Gasteiger charge is 2.27. The number of esters is 1. The molecule has 2 aliphatic heterocycles. The quantitative estimate of drug-likeness (QED) is 0.500. The van der Waals surface area contributed by atoms with Crippen LogP contribution < -0.4 is 4.74 Å². The van der Waals surface area contributed by atoms with Gasteiger partial charge in [-0.25, -0.2) is 9.18 Å². The lowest BCUT2D eigenvalue weighted by molar-refractivity contribution is -0.137. The highest BCUT2D eigenvalue weighted by Crippen LogP contribution is 2.40. The van der Waals surface area contributed by atoms with Crippen molar-refractivity contribution >= 4 is 23.5 Å². The zero-order valence-electron chi connectivity index (χ0n) is 17.1. The number of carbonyl (C=O) groups is 2. The van der Waals surface area contributed by atoms with Gasteiger partial charge in [-0.2, -0.15) is 0 Å². The van der Waals surface area contributed by atoms with Gasteiger partial charge >= 0.3 is 5.97 Å². The molecule has 2 aromatic carbocycles. The summed E-state index contributed by atoms with van der Waals surface area (Å²) in [6.07, 6.45) is 2.82. The van der Waals surface area contributed by atoms with Crippen molar-refractivity contribution < 1.29 is 23.5 Å². The summed E-state index contributed by atoms with van der Waals surface area (Å²) in [5.74, 6) is 0.0632. The Kier molecular flexibility index (Phi) is 6.28. The number of amides is 1. The molecule has 2 aromatic rings. The predicted molar refractivity (Wildman–Crippen MR) is 116 cm³/mol. The van der Waals surface area contributed by atoms with Crippen LogP contribution in [0.2, 0.25) is 5.02 Å². The molecule has 2 heterocycles. The van der Waals surface area contributed by atoms with E-state index in [1.807, 2.05) is 24.3 Å². The zero-order chi connectivity index (χ0) is 22.0. The molecule has 2 atom stereocenters. The fraction of sp³-hybridized carbons (Fsp3) is 0.333. The SMILES string of the molecule is CCOC(=O)/C=C/C1Cc2cc(-c3ccc(C(=O)N4CC[C@@H](F)C4)cc3)cc(Cl)c2O1. The number of carbonyl (C=O) groups excluding carboxylic acids is 2. The van der Waals surface area contributed by atoms with Crippen molar-refractivity contribution in [3.63, 3.8) is 0 Å². The van der Waals surface area contributed by atoms with Crippen LogP contribution in [0.5, 0.6) is 5.75 Å². The van der Waals surface area contributed by atoms with E-state index in [4.69, 9.17) is 21.1 Å². The molecule has 1 fully saturated rings. The fourth-order valence-electron chi connectivity index (χ4n) is 3.88. The second kappa shape index (κ2) is 9.10. The number of nitrogens with zero attached hydrogens (tertiary/aromatic N) is 1. The van der Waals surface area contributed by atoms with Crippen LogP contribution in [0.25, 0.3) is 11.1 Å². The zero-order valence-corrected chi connectivity index (χ0v) is 17.9. The van der Waals surface area contributed by atoms with E-state index in [2.05, 4.69) is 0 Å². The Morgan fingerprint density at radius 1 is 1.26 bits per heavy atom. The number of likely N-dealkylation sites (tertiary alicyclic amines) is 1. The molecular formula is C24H23ClFNO4. The monoisotopic (exact) mass is 443 g/mol. The minimum atomic E-state index is -0.935. The lowest BCUT2D eigenvalue weighted by atomic mass is 9.99.